The average molecular weight is 310 g/mol. The van der Waals surface area contributed by atoms with Crippen molar-refractivity contribution in [3.63, 3.8) is 0 Å². The van der Waals surface area contributed by atoms with Crippen molar-refractivity contribution in [2.75, 3.05) is 31.1 Å². The van der Waals surface area contributed by atoms with Crippen molar-refractivity contribution >= 4 is 11.6 Å². The fourth-order valence-electron chi connectivity index (χ4n) is 3.76. The lowest BCUT2D eigenvalue weighted by Crippen LogP contribution is -2.32. The van der Waals surface area contributed by atoms with Crippen molar-refractivity contribution in [2.24, 2.45) is 0 Å². The van der Waals surface area contributed by atoms with Gasteiger partial charge in [0.25, 0.3) is 0 Å². The lowest BCUT2D eigenvalue weighted by molar-refractivity contribution is -0.129. The summed E-state index contributed by atoms with van der Waals surface area (Å²) in [5, 5.41) is 7.04. The maximum atomic E-state index is 12.5. The predicted molar refractivity (Wildman–Crippen MR) is 89.5 cm³/mol. The fourth-order valence-corrected chi connectivity index (χ4v) is 3.76. The van der Waals surface area contributed by atoms with Crippen molar-refractivity contribution < 1.29 is 4.79 Å². The Hall–Kier alpha value is -2.30. The van der Waals surface area contributed by atoms with E-state index in [0.29, 0.717) is 12.3 Å². The van der Waals surface area contributed by atoms with Crippen molar-refractivity contribution in [1.82, 2.24) is 15.1 Å². The van der Waals surface area contributed by atoms with Gasteiger partial charge in [-0.15, -0.1) is 0 Å². The van der Waals surface area contributed by atoms with Gasteiger partial charge in [-0.2, -0.15) is 5.10 Å². The minimum atomic E-state index is 0.274. The van der Waals surface area contributed by atoms with Crippen LogP contribution in [-0.4, -0.2) is 47.2 Å². The highest BCUT2D eigenvalue weighted by Crippen LogP contribution is 2.28. The van der Waals surface area contributed by atoms with Gasteiger partial charge in [0.1, 0.15) is 0 Å². The number of aromatic nitrogens is 2. The summed E-state index contributed by atoms with van der Waals surface area (Å²) in [4.78, 5) is 16.9. The SMILES string of the molecule is O=C(CCN1CCc2ccccc21)N1CC[C@H](c2ccn[nH]2)C1. The number of anilines is 1. The number of carbonyl (C=O) groups excluding carboxylic acids is 1. The monoisotopic (exact) mass is 310 g/mol. The summed E-state index contributed by atoms with van der Waals surface area (Å²) < 4.78 is 0. The molecule has 2 aromatic rings. The third-order valence-electron chi connectivity index (χ3n) is 5.08. The number of rotatable bonds is 4. The van der Waals surface area contributed by atoms with E-state index < -0.39 is 0 Å². The van der Waals surface area contributed by atoms with Gasteiger partial charge in [-0.25, -0.2) is 0 Å². The van der Waals surface area contributed by atoms with Gasteiger partial charge in [-0.05, 0) is 30.5 Å². The molecule has 3 heterocycles. The van der Waals surface area contributed by atoms with Gasteiger partial charge in [-0.3, -0.25) is 9.89 Å². The third kappa shape index (κ3) is 2.83. The molecule has 1 aromatic carbocycles. The number of amides is 1. The van der Waals surface area contributed by atoms with Crippen molar-refractivity contribution in [3.8, 4) is 0 Å². The number of fused-ring (bicyclic) bond motifs is 1. The van der Waals surface area contributed by atoms with Crippen LogP contribution in [0.3, 0.4) is 0 Å². The van der Waals surface area contributed by atoms with E-state index >= 15 is 0 Å². The summed E-state index contributed by atoms with van der Waals surface area (Å²) in [6.07, 6.45) is 4.51. The molecule has 120 valence electrons. The summed E-state index contributed by atoms with van der Waals surface area (Å²) in [7, 11) is 0. The van der Waals surface area contributed by atoms with Crippen LogP contribution in [0.15, 0.2) is 36.5 Å². The number of nitrogens with one attached hydrogen (secondary N) is 1. The number of H-pyrrole nitrogens is 1. The summed E-state index contributed by atoms with van der Waals surface area (Å²) in [6, 6.07) is 10.5. The molecule has 1 amide bonds. The first-order valence-electron chi connectivity index (χ1n) is 8.41. The van der Waals surface area contributed by atoms with E-state index in [1.54, 1.807) is 6.20 Å². The molecule has 1 aromatic heterocycles. The van der Waals surface area contributed by atoms with Crippen molar-refractivity contribution in [2.45, 2.75) is 25.2 Å². The highest BCUT2D eigenvalue weighted by molar-refractivity contribution is 5.77. The molecule has 0 spiro atoms. The molecule has 5 heteroatoms. The normalized spacial score (nSPS) is 20.1. The predicted octanol–water partition coefficient (Wildman–Crippen LogP) is 2.18. The van der Waals surface area contributed by atoms with Crippen LogP contribution in [0.5, 0.6) is 0 Å². The van der Waals surface area contributed by atoms with Crippen LogP contribution in [-0.2, 0) is 11.2 Å². The Morgan fingerprint density at radius 2 is 2.17 bits per heavy atom. The van der Waals surface area contributed by atoms with Crippen molar-refractivity contribution in [3.05, 3.63) is 47.8 Å². The Kier molecular flexibility index (Phi) is 3.77. The molecular formula is C18H22N4O. The Morgan fingerprint density at radius 1 is 1.26 bits per heavy atom. The number of hydrogen-bond donors (Lipinski definition) is 1. The van der Waals surface area contributed by atoms with Gasteiger partial charge in [0.15, 0.2) is 0 Å². The highest BCUT2D eigenvalue weighted by Gasteiger charge is 2.28. The van der Waals surface area contributed by atoms with Gasteiger partial charge in [0.05, 0.1) is 0 Å². The highest BCUT2D eigenvalue weighted by atomic mass is 16.2. The van der Waals surface area contributed by atoms with Gasteiger partial charge < -0.3 is 9.80 Å². The lowest BCUT2D eigenvalue weighted by atomic mass is 10.1. The second-order valence-electron chi connectivity index (χ2n) is 6.45. The first kappa shape index (κ1) is 14.3. The first-order valence-corrected chi connectivity index (χ1v) is 8.41. The standard InChI is InChI=1S/C18H22N4O/c23-18(22-11-7-15(13-22)16-5-9-19-20-16)8-12-21-10-6-14-3-1-2-4-17(14)21/h1-5,9,15H,6-8,10-13H2,(H,19,20)/t15-/m0/s1. The average Bonchev–Trinajstić information content (AvgIpc) is 3.31. The van der Waals surface area contributed by atoms with Crippen LogP contribution >= 0.6 is 0 Å². The molecule has 5 nitrogen and oxygen atoms in total. The zero-order valence-corrected chi connectivity index (χ0v) is 13.2. The largest absolute Gasteiger partial charge is 0.370 e. The Balaban J connectivity index is 1.31. The molecule has 0 bridgehead atoms. The number of hydrogen-bond acceptors (Lipinski definition) is 3. The molecule has 1 N–H and O–H groups in total. The summed E-state index contributed by atoms with van der Waals surface area (Å²) in [6.45, 7) is 3.53. The Bertz CT molecular complexity index is 682. The first-order chi connectivity index (χ1) is 11.3. The van der Waals surface area contributed by atoms with E-state index in [1.165, 1.54) is 11.3 Å². The molecule has 0 unspecified atom stereocenters. The molecule has 1 atom stereocenters. The van der Waals surface area contributed by atoms with Crippen LogP contribution in [0, 0.1) is 0 Å². The van der Waals surface area contributed by atoms with Crippen LogP contribution in [0.25, 0.3) is 0 Å². The minimum Gasteiger partial charge on any atom is -0.370 e. The molecule has 0 radical (unpaired) electrons. The van der Waals surface area contributed by atoms with E-state index in [1.807, 2.05) is 11.0 Å². The topological polar surface area (TPSA) is 52.2 Å². The third-order valence-corrected chi connectivity index (χ3v) is 5.08. The zero-order valence-electron chi connectivity index (χ0n) is 13.2. The lowest BCUT2D eigenvalue weighted by Gasteiger charge is -2.21. The van der Waals surface area contributed by atoms with Crippen molar-refractivity contribution in [1.29, 1.82) is 0 Å². The number of nitrogens with zero attached hydrogens (tertiary/aromatic N) is 3. The van der Waals surface area contributed by atoms with E-state index in [2.05, 4.69) is 39.4 Å². The minimum absolute atomic E-state index is 0.274. The molecule has 1 fully saturated rings. The number of likely N-dealkylation sites (tertiary alicyclic amines) is 1. The number of para-hydroxylation sites is 1. The van der Waals surface area contributed by atoms with E-state index in [9.17, 15) is 4.79 Å². The summed E-state index contributed by atoms with van der Waals surface area (Å²) in [5.74, 6) is 0.686. The van der Waals surface area contributed by atoms with Crippen LogP contribution in [0.4, 0.5) is 5.69 Å². The van der Waals surface area contributed by atoms with Crippen LogP contribution in [0.2, 0.25) is 0 Å². The molecule has 1 saturated heterocycles. The molecular weight excluding hydrogens is 288 g/mol. The molecule has 0 aliphatic carbocycles. The second-order valence-corrected chi connectivity index (χ2v) is 6.45. The number of benzene rings is 1. The Morgan fingerprint density at radius 3 is 3.04 bits per heavy atom. The number of aromatic amines is 1. The summed E-state index contributed by atoms with van der Waals surface area (Å²) >= 11 is 0. The van der Waals surface area contributed by atoms with Gasteiger partial charge in [0.2, 0.25) is 5.91 Å². The van der Waals surface area contributed by atoms with E-state index in [0.717, 1.165) is 44.7 Å². The molecule has 2 aliphatic rings. The van der Waals surface area contributed by atoms with Gasteiger partial charge in [-0.1, -0.05) is 18.2 Å². The second kappa shape index (κ2) is 6.07. The zero-order chi connectivity index (χ0) is 15.6. The summed E-state index contributed by atoms with van der Waals surface area (Å²) in [5.41, 5.74) is 3.85. The Labute approximate surface area is 136 Å². The fraction of sp³-hybridized carbons (Fsp3) is 0.444. The quantitative estimate of drug-likeness (QED) is 0.942. The van der Waals surface area contributed by atoms with E-state index in [-0.39, 0.29) is 5.91 Å². The van der Waals surface area contributed by atoms with Gasteiger partial charge >= 0.3 is 0 Å². The van der Waals surface area contributed by atoms with Crippen LogP contribution in [0.1, 0.15) is 30.0 Å². The molecule has 4 rings (SSSR count). The maximum Gasteiger partial charge on any atom is 0.224 e. The molecule has 23 heavy (non-hydrogen) atoms. The number of carbonyl (C=O) groups is 1. The molecule has 2 aliphatic heterocycles. The van der Waals surface area contributed by atoms with Gasteiger partial charge in [0, 0.05) is 56.1 Å². The smallest absolute Gasteiger partial charge is 0.224 e. The maximum absolute atomic E-state index is 12.5. The molecule has 0 saturated carbocycles. The van der Waals surface area contributed by atoms with Crippen LogP contribution < -0.4 is 4.90 Å². The van der Waals surface area contributed by atoms with E-state index in [4.69, 9.17) is 0 Å².